The molecular weight excluding hydrogens is 248 g/mol. The van der Waals surface area contributed by atoms with Gasteiger partial charge in [0.2, 0.25) is 0 Å². The van der Waals surface area contributed by atoms with Crippen LogP contribution in [0.3, 0.4) is 0 Å². The smallest absolute Gasteiger partial charge is 0.172 e. The molecule has 4 N–H and O–H groups in total. The molecule has 18 heavy (non-hydrogen) atoms. The zero-order chi connectivity index (χ0) is 12.4. The molecule has 2 heterocycles. The second kappa shape index (κ2) is 4.63. The molecule has 0 fully saturated rings. The number of aromatic amines is 1. The van der Waals surface area contributed by atoms with Crippen LogP contribution >= 0.6 is 11.8 Å². The number of nitrogen functional groups attached to an aromatic ring is 1. The molecule has 2 aromatic heterocycles. The van der Waals surface area contributed by atoms with Crippen LogP contribution in [0.4, 0.5) is 5.82 Å². The first kappa shape index (κ1) is 11.0. The molecular formula is C11H10N6S. The third kappa shape index (κ3) is 2.13. The van der Waals surface area contributed by atoms with Gasteiger partial charge in [0.15, 0.2) is 5.16 Å². The Balaban J connectivity index is 1.91. The molecule has 0 bridgehead atoms. The van der Waals surface area contributed by atoms with Crippen molar-refractivity contribution in [3.05, 3.63) is 36.7 Å². The number of para-hydroxylation sites is 2. The number of H-pyrrole nitrogens is 1. The number of nitrogens with two attached hydrogens (primary N) is 1. The van der Waals surface area contributed by atoms with Gasteiger partial charge in [-0.1, -0.05) is 12.1 Å². The lowest BCUT2D eigenvalue weighted by Gasteiger charge is -2.00. The number of imidazole rings is 1. The van der Waals surface area contributed by atoms with Crippen molar-refractivity contribution in [3.8, 4) is 0 Å². The van der Waals surface area contributed by atoms with Crippen LogP contribution in [0.1, 0.15) is 0 Å². The molecule has 3 aromatic rings. The van der Waals surface area contributed by atoms with Gasteiger partial charge in [0.05, 0.1) is 11.0 Å². The van der Waals surface area contributed by atoms with Gasteiger partial charge >= 0.3 is 0 Å². The van der Waals surface area contributed by atoms with Crippen molar-refractivity contribution in [2.24, 2.45) is 5.84 Å². The Bertz CT molecular complexity index is 647. The molecule has 3 rings (SSSR count). The van der Waals surface area contributed by atoms with Gasteiger partial charge in [0.25, 0.3) is 0 Å². The fourth-order valence-corrected chi connectivity index (χ4v) is 2.32. The predicted octanol–water partition coefficient (Wildman–Crippen LogP) is 1.79. The maximum atomic E-state index is 5.30. The van der Waals surface area contributed by atoms with Gasteiger partial charge in [-0.3, -0.25) is 0 Å². The van der Waals surface area contributed by atoms with Crippen molar-refractivity contribution in [1.29, 1.82) is 0 Å². The minimum Gasteiger partial charge on any atom is -0.333 e. The summed E-state index contributed by atoms with van der Waals surface area (Å²) < 4.78 is 0. The minimum absolute atomic E-state index is 0.573. The zero-order valence-electron chi connectivity index (χ0n) is 9.29. The summed E-state index contributed by atoms with van der Waals surface area (Å²) in [5.74, 6) is 5.87. The van der Waals surface area contributed by atoms with Crippen molar-refractivity contribution >= 4 is 28.6 Å². The summed E-state index contributed by atoms with van der Waals surface area (Å²) in [5, 5.41) is 1.56. The topological polar surface area (TPSA) is 92.5 Å². The number of hydrogen-bond acceptors (Lipinski definition) is 6. The number of aromatic nitrogens is 4. The molecule has 0 saturated carbocycles. The van der Waals surface area contributed by atoms with Crippen molar-refractivity contribution in [3.63, 3.8) is 0 Å². The summed E-state index contributed by atoms with van der Waals surface area (Å²) in [4.78, 5) is 15.8. The Morgan fingerprint density at radius 1 is 1.22 bits per heavy atom. The van der Waals surface area contributed by atoms with Crippen molar-refractivity contribution in [2.45, 2.75) is 10.2 Å². The third-order valence-electron chi connectivity index (χ3n) is 2.36. The van der Waals surface area contributed by atoms with Crippen LogP contribution in [-0.4, -0.2) is 19.9 Å². The van der Waals surface area contributed by atoms with Gasteiger partial charge in [0, 0.05) is 6.07 Å². The first-order chi connectivity index (χ1) is 8.85. The van der Waals surface area contributed by atoms with Gasteiger partial charge in [-0.15, -0.1) is 0 Å². The van der Waals surface area contributed by atoms with E-state index in [-0.39, 0.29) is 0 Å². The number of nitrogens with one attached hydrogen (secondary N) is 2. The van der Waals surface area contributed by atoms with E-state index in [0.717, 1.165) is 21.2 Å². The summed E-state index contributed by atoms with van der Waals surface area (Å²) in [6, 6.07) is 9.63. The van der Waals surface area contributed by atoms with E-state index in [1.54, 1.807) is 6.07 Å². The molecule has 0 amide bonds. The highest BCUT2D eigenvalue weighted by atomic mass is 32.2. The van der Waals surface area contributed by atoms with E-state index in [1.807, 2.05) is 24.3 Å². The van der Waals surface area contributed by atoms with E-state index >= 15 is 0 Å². The summed E-state index contributed by atoms with van der Waals surface area (Å²) in [7, 11) is 0. The van der Waals surface area contributed by atoms with Crippen LogP contribution in [0.15, 0.2) is 46.8 Å². The van der Waals surface area contributed by atoms with Crippen LogP contribution in [-0.2, 0) is 0 Å². The summed E-state index contributed by atoms with van der Waals surface area (Å²) in [6.07, 6.45) is 1.46. The molecule has 6 nitrogen and oxygen atoms in total. The highest BCUT2D eigenvalue weighted by molar-refractivity contribution is 7.99. The quantitative estimate of drug-likeness (QED) is 0.377. The maximum absolute atomic E-state index is 5.30. The highest BCUT2D eigenvalue weighted by Crippen LogP contribution is 2.26. The van der Waals surface area contributed by atoms with Crippen LogP contribution < -0.4 is 11.3 Å². The number of hydrazine groups is 1. The second-order valence-electron chi connectivity index (χ2n) is 3.55. The number of hydrogen-bond donors (Lipinski definition) is 3. The fraction of sp³-hybridized carbons (Fsp3) is 0. The molecule has 0 aliphatic rings. The lowest BCUT2D eigenvalue weighted by atomic mass is 10.3. The Hall–Kier alpha value is -2.12. The highest BCUT2D eigenvalue weighted by Gasteiger charge is 2.05. The standard InChI is InChI=1S/C11H10N6S/c12-17-9-5-10(14-6-13-9)18-11-15-7-3-1-2-4-8(7)16-11/h1-6H,12H2,(H,15,16)(H,13,14,17). The Morgan fingerprint density at radius 3 is 2.94 bits per heavy atom. The Labute approximate surface area is 107 Å². The fourth-order valence-electron chi connectivity index (χ4n) is 1.55. The summed E-state index contributed by atoms with van der Waals surface area (Å²) in [6.45, 7) is 0. The summed E-state index contributed by atoms with van der Waals surface area (Å²) >= 11 is 1.43. The van der Waals surface area contributed by atoms with E-state index in [1.165, 1.54) is 18.1 Å². The van der Waals surface area contributed by atoms with Gasteiger partial charge in [-0.2, -0.15) is 0 Å². The SMILES string of the molecule is NNc1cc(Sc2nc3ccccc3[nH]2)ncn1. The van der Waals surface area contributed by atoms with E-state index in [9.17, 15) is 0 Å². The Kier molecular flexibility index (Phi) is 2.83. The molecule has 0 atom stereocenters. The number of nitrogens with zero attached hydrogens (tertiary/aromatic N) is 3. The number of fused-ring (bicyclic) bond motifs is 1. The predicted molar refractivity (Wildman–Crippen MR) is 70.1 cm³/mol. The molecule has 0 unspecified atom stereocenters. The van der Waals surface area contributed by atoms with Gasteiger partial charge in [-0.25, -0.2) is 20.8 Å². The number of anilines is 1. The summed E-state index contributed by atoms with van der Waals surface area (Å²) in [5.41, 5.74) is 4.43. The molecule has 90 valence electrons. The number of rotatable bonds is 3. The maximum Gasteiger partial charge on any atom is 0.172 e. The van der Waals surface area contributed by atoms with Crippen molar-refractivity contribution < 1.29 is 0 Å². The molecule has 0 spiro atoms. The van der Waals surface area contributed by atoms with Crippen LogP contribution in [0, 0.1) is 0 Å². The van der Waals surface area contributed by atoms with Crippen LogP contribution in [0.25, 0.3) is 11.0 Å². The molecule has 1 aromatic carbocycles. The molecule has 0 radical (unpaired) electrons. The lowest BCUT2D eigenvalue weighted by Crippen LogP contribution is -2.08. The normalized spacial score (nSPS) is 10.7. The van der Waals surface area contributed by atoms with Gasteiger partial charge in [0.1, 0.15) is 17.2 Å². The third-order valence-corrected chi connectivity index (χ3v) is 3.18. The first-order valence-corrected chi connectivity index (χ1v) is 6.08. The van der Waals surface area contributed by atoms with Crippen molar-refractivity contribution in [1.82, 2.24) is 19.9 Å². The average molecular weight is 258 g/mol. The molecule has 0 aliphatic carbocycles. The molecule has 0 aliphatic heterocycles. The zero-order valence-corrected chi connectivity index (χ0v) is 10.1. The van der Waals surface area contributed by atoms with E-state index in [0.29, 0.717) is 5.82 Å². The van der Waals surface area contributed by atoms with Crippen LogP contribution in [0.5, 0.6) is 0 Å². The average Bonchev–Trinajstić information content (AvgIpc) is 2.81. The number of benzene rings is 1. The van der Waals surface area contributed by atoms with Gasteiger partial charge in [-0.05, 0) is 23.9 Å². The van der Waals surface area contributed by atoms with E-state index in [2.05, 4.69) is 25.4 Å². The minimum atomic E-state index is 0.573. The van der Waals surface area contributed by atoms with Crippen LogP contribution in [0.2, 0.25) is 0 Å². The van der Waals surface area contributed by atoms with E-state index in [4.69, 9.17) is 5.84 Å². The second-order valence-corrected chi connectivity index (χ2v) is 4.56. The molecule has 0 saturated heterocycles. The largest absolute Gasteiger partial charge is 0.333 e. The Morgan fingerprint density at radius 2 is 2.11 bits per heavy atom. The van der Waals surface area contributed by atoms with Crippen molar-refractivity contribution in [2.75, 3.05) is 5.43 Å². The first-order valence-electron chi connectivity index (χ1n) is 5.26. The molecule has 7 heteroatoms. The van der Waals surface area contributed by atoms with Gasteiger partial charge < -0.3 is 10.4 Å². The van der Waals surface area contributed by atoms with E-state index < -0.39 is 0 Å². The monoisotopic (exact) mass is 258 g/mol. The lowest BCUT2D eigenvalue weighted by molar-refractivity contribution is 1.02.